The average molecular weight is 343 g/mol. The summed E-state index contributed by atoms with van der Waals surface area (Å²) in [7, 11) is 1.94. The molecular weight excluding hydrogens is 318 g/mol. The Balaban J connectivity index is 1.47. The summed E-state index contributed by atoms with van der Waals surface area (Å²) < 4.78 is 7.65. The molecule has 0 saturated carbocycles. The number of piperidine rings is 1. The van der Waals surface area contributed by atoms with Crippen molar-refractivity contribution in [1.82, 2.24) is 24.6 Å². The molecule has 0 aromatic carbocycles. The minimum Gasteiger partial charge on any atom is -0.460 e. The Kier molecular flexibility index (Phi) is 5.31. The van der Waals surface area contributed by atoms with Crippen LogP contribution in [0.4, 0.5) is 0 Å². The van der Waals surface area contributed by atoms with Crippen molar-refractivity contribution in [2.75, 3.05) is 13.1 Å². The largest absolute Gasteiger partial charge is 0.460 e. The molecule has 3 heterocycles. The van der Waals surface area contributed by atoms with E-state index in [2.05, 4.69) is 15.1 Å². The summed E-state index contributed by atoms with van der Waals surface area (Å²) in [6.07, 6.45) is 6.32. The van der Waals surface area contributed by atoms with Crippen LogP contribution in [0.3, 0.4) is 0 Å². The second-order valence-electron chi connectivity index (χ2n) is 6.50. The van der Waals surface area contributed by atoms with Gasteiger partial charge < -0.3 is 9.64 Å². The number of amides is 1. The Morgan fingerprint density at radius 3 is 2.52 bits per heavy atom. The molecule has 2 aromatic rings. The van der Waals surface area contributed by atoms with Crippen LogP contribution in [-0.4, -0.2) is 49.7 Å². The fraction of sp³-hybridized carbons (Fsp3) is 0.556. The summed E-state index contributed by atoms with van der Waals surface area (Å²) in [5.41, 5.74) is 3.35. The lowest BCUT2D eigenvalue weighted by Crippen LogP contribution is -2.42. The molecule has 7 nitrogen and oxygen atoms in total. The second-order valence-corrected chi connectivity index (χ2v) is 6.50. The molecule has 1 fully saturated rings. The quantitative estimate of drug-likeness (QED) is 0.828. The smallest absolute Gasteiger partial charge is 0.316 e. The lowest BCUT2D eigenvalue weighted by atomic mass is 10.0. The predicted octanol–water partition coefficient (Wildman–Crippen LogP) is 1.83. The van der Waals surface area contributed by atoms with Crippen LogP contribution in [0, 0.1) is 13.8 Å². The summed E-state index contributed by atoms with van der Waals surface area (Å²) in [5, 5.41) is 4.41. The Morgan fingerprint density at radius 2 is 1.92 bits per heavy atom. The third kappa shape index (κ3) is 4.15. The summed E-state index contributed by atoms with van der Waals surface area (Å²) in [4.78, 5) is 22.6. The summed E-state index contributed by atoms with van der Waals surface area (Å²) in [6, 6.07) is 2.18. The van der Waals surface area contributed by atoms with E-state index < -0.39 is 0 Å². The van der Waals surface area contributed by atoms with Gasteiger partial charge in [-0.1, -0.05) is 0 Å². The lowest BCUT2D eigenvalue weighted by molar-refractivity contribution is -0.133. The van der Waals surface area contributed by atoms with E-state index in [4.69, 9.17) is 4.74 Å². The fourth-order valence-electron chi connectivity index (χ4n) is 3.29. The van der Waals surface area contributed by atoms with Crippen molar-refractivity contribution in [1.29, 1.82) is 0 Å². The highest BCUT2D eigenvalue weighted by atomic mass is 16.5. The van der Waals surface area contributed by atoms with Gasteiger partial charge >= 0.3 is 6.01 Å². The number of aryl methyl sites for hydroxylation is 2. The maximum atomic E-state index is 12.5. The number of carbonyl (C=O) groups excluding carboxylic acids is 1. The number of rotatable bonds is 5. The van der Waals surface area contributed by atoms with Crippen molar-refractivity contribution in [3.63, 3.8) is 0 Å². The normalized spacial score (nSPS) is 15.4. The maximum absolute atomic E-state index is 12.5. The van der Waals surface area contributed by atoms with E-state index >= 15 is 0 Å². The summed E-state index contributed by atoms with van der Waals surface area (Å²) in [5.74, 6) is 0.206. The molecule has 0 N–H and O–H groups in total. The minimum absolute atomic E-state index is 0.0780. The number of likely N-dealkylation sites (tertiary alicyclic amines) is 1. The average Bonchev–Trinajstić information content (AvgIpc) is 2.86. The molecule has 1 amide bonds. The third-order valence-corrected chi connectivity index (χ3v) is 4.86. The molecule has 0 bridgehead atoms. The maximum Gasteiger partial charge on any atom is 0.316 e. The van der Waals surface area contributed by atoms with Gasteiger partial charge in [0, 0.05) is 57.5 Å². The van der Waals surface area contributed by atoms with Crippen molar-refractivity contribution >= 4 is 5.91 Å². The van der Waals surface area contributed by atoms with Gasteiger partial charge in [0.25, 0.3) is 0 Å². The fourth-order valence-corrected chi connectivity index (χ4v) is 3.29. The molecule has 0 unspecified atom stereocenters. The zero-order chi connectivity index (χ0) is 17.8. The molecule has 0 aliphatic carbocycles. The van der Waals surface area contributed by atoms with E-state index in [0.717, 1.165) is 43.7 Å². The number of hydrogen-bond donors (Lipinski definition) is 0. The van der Waals surface area contributed by atoms with E-state index in [9.17, 15) is 4.79 Å². The molecule has 0 atom stereocenters. The molecule has 0 radical (unpaired) electrons. The summed E-state index contributed by atoms with van der Waals surface area (Å²) >= 11 is 0. The van der Waals surface area contributed by atoms with Gasteiger partial charge in [0.15, 0.2) is 0 Å². The highest BCUT2D eigenvalue weighted by Crippen LogP contribution is 2.18. The minimum atomic E-state index is 0.0780. The van der Waals surface area contributed by atoms with Gasteiger partial charge in [0.1, 0.15) is 6.10 Å². The Morgan fingerprint density at radius 1 is 1.24 bits per heavy atom. The Hall–Kier alpha value is -2.44. The summed E-state index contributed by atoms with van der Waals surface area (Å²) in [6.45, 7) is 5.50. The van der Waals surface area contributed by atoms with Crippen LogP contribution in [0.5, 0.6) is 6.01 Å². The first-order chi connectivity index (χ1) is 12.0. The topological polar surface area (TPSA) is 73.1 Å². The van der Waals surface area contributed by atoms with E-state index in [-0.39, 0.29) is 12.0 Å². The van der Waals surface area contributed by atoms with Gasteiger partial charge in [-0.3, -0.25) is 9.48 Å². The van der Waals surface area contributed by atoms with Gasteiger partial charge in [-0.05, 0) is 31.9 Å². The number of ether oxygens (including phenoxy) is 1. The number of aromatic nitrogens is 4. The number of nitrogens with zero attached hydrogens (tertiary/aromatic N) is 5. The molecular formula is C18H25N5O2. The van der Waals surface area contributed by atoms with Crippen LogP contribution in [0.25, 0.3) is 0 Å². The first-order valence-electron chi connectivity index (χ1n) is 8.75. The standard InChI is InChI=1S/C18H25N5O2/c1-13-16(14(2)22(3)21-13)5-6-17(24)23-11-7-15(8-12-23)25-18-19-9-4-10-20-18/h4,9-10,15H,5-8,11-12H2,1-3H3. The molecule has 1 aliphatic rings. The molecule has 2 aromatic heterocycles. The zero-order valence-corrected chi connectivity index (χ0v) is 15.1. The SMILES string of the molecule is Cc1nn(C)c(C)c1CCC(=O)N1CCC(Oc2ncccn2)CC1. The molecule has 1 aliphatic heterocycles. The van der Waals surface area contributed by atoms with Crippen molar-refractivity contribution in [3.8, 4) is 6.01 Å². The monoisotopic (exact) mass is 343 g/mol. The molecule has 134 valence electrons. The van der Waals surface area contributed by atoms with Gasteiger partial charge in [-0.25, -0.2) is 9.97 Å². The highest BCUT2D eigenvalue weighted by molar-refractivity contribution is 5.76. The van der Waals surface area contributed by atoms with Gasteiger partial charge in [-0.15, -0.1) is 0 Å². The Labute approximate surface area is 148 Å². The van der Waals surface area contributed by atoms with E-state index in [1.54, 1.807) is 18.5 Å². The molecule has 7 heteroatoms. The molecule has 25 heavy (non-hydrogen) atoms. The third-order valence-electron chi connectivity index (χ3n) is 4.86. The van der Waals surface area contributed by atoms with Crippen LogP contribution in [0.1, 0.15) is 36.2 Å². The number of hydrogen-bond acceptors (Lipinski definition) is 5. The van der Waals surface area contributed by atoms with Crippen LogP contribution in [-0.2, 0) is 18.3 Å². The first-order valence-corrected chi connectivity index (χ1v) is 8.75. The van der Waals surface area contributed by atoms with Crippen molar-refractivity contribution in [2.24, 2.45) is 7.05 Å². The predicted molar refractivity (Wildman–Crippen MR) is 93.3 cm³/mol. The zero-order valence-electron chi connectivity index (χ0n) is 15.1. The van der Waals surface area contributed by atoms with Crippen LogP contribution >= 0.6 is 0 Å². The van der Waals surface area contributed by atoms with E-state index in [1.807, 2.05) is 30.5 Å². The van der Waals surface area contributed by atoms with Crippen molar-refractivity contribution in [2.45, 2.75) is 45.6 Å². The second kappa shape index (κ2) is 7.63. The van der Waals surface area contributed by atoms with E-state index in [1.165, 1.54) is 5.56 Å². The molecule has 1 saturated heterocycles. The first kappa shape index (κ1) is 17.4. The van der Waals surface area contributed by atoms with Crippen LogP contribution in [0.2, 0.25) is 0 Å². The van der Waals surface area contributed by atoms with Crippen molar-refractivity contribution in [3.05, 3.63) is 35.4 Å². The van der Waals surface area contributed by atoms with Crippen molar-refractivity contribution < 1.29 is 9.53 Å². The molecule has 3 rings (SSSR count). The van der Waals surface area contributed by atoms with Gasteiger partial charge in [0.2, 0.25) is 5.91 Å². The molecule has 0 spiro atoms. The van der Waals surface area contributed by atoms with E-state index in [0.29, 0.717) is 12.4 Å². The van der Waals surface area contributed by atoms with Crippen LogP contribution < -0.4 is 4.74 Å². The lowest BCUT2D eigenvalue weighted by Gasteiger charge is -2.31. The van der Waals surface area contributed by atoms with Gasteiger partial charge in [0.05, 0.1) is 5.69 Å². The van der Waals surface area contributed by atoms with Gasteiger partial charge in [-0.2, -0.15) is 5.10 Å². The Bertz CT molecular complexity index is 721. The highest BCUT2D eigenvalue weighted by Gasteiger charge is 2.24. The number of carbonyl (C=O) groups is 1. The van der Waals surface area contributed by atoms with Crippen LogP contribution in [0.15, 0.2) is 18.5 Å².